The van der Waals surface area contributed by atoms with Crippen LogP contribution in [0.5, 0.6) is 0 Å². The van der Waals surface area contributed by atoms with Gasteiger partial charge in [-0.25, -0.2) is 0 Å². The van der Waals surface area contributed by atoms with Crippen molar-refractivity contribution in [3.05, 3.63) is 58.1 Å². The lowest BCUT2D eigenvalue weighted by molar-refractivity contribution is -0.114. The van der Waals surface area contributed by atoms with Crippen molar-refractivity contribution in [2.75, 3.05) is 10.6 Å². The van der Waals surface area contributed by atoms with Crippen LogP contribution in [0.1, 0.15) is 25.5 Å². The van der Waals surface area contributed by atoms with Gasteiger partial charge in [0.15, 0.2) is 0 Å². The number of benzene rings is 2. The van der Waals surface area contributed by atoms with Crippen LogP contribution in [0.3, 0.4) is 0 Å². The molecule has 2 aromatic rings. The van der Waals surface area contributed by atoms with Crippen LogP contribution in [0.25, 0.3) is 0 Å². The van der Waals surface area contributed by atoms with E-state index in [0.29, 0.717) is 10.0 Å². The molecule has 3 nitrogen and oxygen atoms in total. The first-order valence-electron chi connectivity index (χ1n) is 6.55. The lowest BCUT2D eigenvalue weighted by Crippen LogP contribution is -2.09. The minimum atomic E-state index is -0.0859. The van der Waals surface area contributed by atoms with Crippen LogP contribution in [0.4, 0.5) is 11.4 Å². The molecule has 0 aliphatic rings. The summed E-state index contributed by atoms with van der Waals surface area (Å²) in [6, 6.07) is 13.2. The van der Waals surface area contributed by atoms with Crippen molar-refractivity contribution >= 4 is 40.5 Å². The van der Waals surface area contributed by atoms with E-state index in [4.69, 9.17) is 23.2 Å². The largest absolute Gasteiger partial charge is 0.378 e. The van der Waals surface area contributed by atoms with E-state index in [1.165, 1.54) is 6.92 Å². The van der Waals surface area contributed by atoms with Crippen molar-refractivity contribution in [1.29, 1.82) is 0 Å². The highest BCUT2D eigenvalue weighted by molar-refractivity contribution is 6.42. The molecule has 0 spiro atoms. The molecule has 5 heteroatoms. The van der Waals surface area contributed by atoms with Crippen LogP contribution in [0.2, 0.25) is 10.0 Å². The van der Waals surface area contributed by atoms with Crippen LogP contribution in [-0.4, -0.2) is 5.91 Å². The molecule has 2 aromatic carbocycles. The van der Waals surface area contributed by atoms with E-state index in [0.717, 1.165) is 16.9 Å². The minimum Gasteiger partial charge on any atom is -0.378 e. The molecule has 2 N–H and O–H groups in total. The molecular formula is C16H16Cl2N2O. The molecule has 0 bridgehead atoms. The number of nitrogens with one attached hydrogen (secondary N) is 2. The third-order valence-electron chi connectivity index (χ3n) is 3.01. The number of hydrogen-bond donors (Lipinski definition) is 2. The topological polar surface area (TPSA) is 41.1 Å². The Morgan fingerprint density at radius 2 is 1.81 bits per heavy atom. The van der Waals surface area contributed by atoms with Gasteiger partial charge in [0.1, 0.15) is 0 Å². The van der Waals surface area contributed by atoms with Gasteiger partial charge in [-0.1, -0.05) is 35.3 Å². The Morgan fingerprint density at radius 3 is 2.48 bits per heavy atom. The van der Waals surface area contributed by atoms with Crippen molar-refractivity contribution in [2.45, 2.75) is 19.9 Å². The van der Waals surface area contributed by atoms with Gasteiger partial charge in [-0.2, -0.15) is 0 Å². The maximum Gasteiger partial charge on any atom is 0.221 e. The summed E-state index contributed by atoms with van der Waals surface area (Å²) < 4.78 is 0. The lowest BCUT2D eigenvalue weighted by atomic mass is 10.1. The van der Waals surface area contributed by atoms with E-state index in [-0.39, 0.29) is 11.9 Å². The predicted octanol–water partition coefficient (Wildman–Crippen LogP) is 5.12. The van der Waals surface area contributed by atoms with Gasteiger partial charge in [0, 0.05) is 24.3 Å². The van der Waals surface area contributed by atoms with Crippen LogP contribution >= 0.6 is 23.2 Å². The third-order valence-corrected chi connectivity index (χ3v) is 3.75. The van der Waals surface area contributed by atoms with E-state index >= 15 is 0 Å². The SMILES string of the molecule is CC(=O)Nc1cccc(C(C)Nc2ccc(Cl)c(Cl)c2)c1. The number of halogens is 2. The van der Waals surface area contributed by atoms with Crippen LogP contribution in [-0.2, 0) is 4.79 Å². The molecule has 0 saturated heterocycles. The summed E-state index contributed by atoms with van der Waals surface area (Å²) in [6.45, 7) is 3.53. The number of rotatable bonds is 4. The van der Waals surface area contributed by atoms with E-state index in [1.54, 1.807) is 12.1 Å². The van der Waals surface area contributed by atoms with E-state index in [9.17, 15) is 4.79 Å². The average Bonchev–Trinajstić information content (AvgIpc) is 2.42. The zero-order valence-electron chi connectivity index (χ0n) is 11.8. The maximum atomic E-state index is 11.1. The van der Waals surface area contributed by atoms with Gasteiger partial charge < -0.3 is 10.6 Å². The zero-order valence-corrected chi connectivity index (χ0v) is 13.3. The second-order valence-corrected chi connectivity index (χ2v) is 5.62. The van der Waals surface area contributed by atoms with Gasteiger partial charge in [-0.15, -0.1) is 0 Å². The molecule has 0 saturated carbocycles. The second kappa shape index (κ2) is 6.83. The fourth-order valence-corrected chi connectivity index (χ4v) is 2.31. The Bertz CT molecular complexity index is 658. The highest BCUT2D eigenvalue weighted by Gasteiger charge is 2.08. The van der Waals surface area contributed by atoms with Crippen molar-refractivity contribution in [2.24, 2.45) is 0 Å². The average molecular weight is 323 g/mol. The second-order valence-electron chi connectivity index (χ2n) is 4.80. The summed E-state index contributed by atoms with van der Waals surface area (Å²) in [5, 5.41) is 7.17. The number of carbonyl (C=O) groups excluding carboxylic acids is 1. The molecule has 0 fully saturated rings. The monoisotopic (exact) mass is 322 g/mol. The molecule has 110 valence electrons. The van der Waals surface area contributed by atoms with Crippen LogP contribution in [0.15, 0.2) is 42.5 Å². The van der Waals surface area contributed by atoms with Crippen molar-refractivity contribution in [3.8, 4) is 0 Å². The molecule has 0 aromatic heterocycles. The Morgan fingerprint density at radius 1 is 1.05 bits per heavy atom. The molecule has 0 radical (unpaired) electrons. The molecule has 0 aliphatic heterocycles. The maximum absolute atomic E-state index is 11.1. The van der Waals surface area contributed by atoms with Gasteiger partial charge in [0.2, 0.25) is 5.91 Å². The van der Waals surface area contributed by atoms with Crippen LogP contribution < -0.4 is 10.6 Å². The van der Waals surface area contributed by atoms with E-state index in [1.807, 2.05) is 37.3 Å². The molecular weight excluding hydrogens is 307 g/mol. The number of amides is 1. The van der Waals surface area contributed by atoms with Gasteiger partial charge in [-0.3, -0.25) is 4.79 Å². The fourth-order valence-electron chi connectivity index (χ4n) is 2.01. The molecule has 0 heterocycles. The number of carbonyl (C=O) groups is 1. The summed E-state index contributed by atoms with van der Waals surface area (Å²) in [6.07, 6.45) is 0. The predicted molar refractivity (Wildman–Crippen MR) is 89.2 cm³/mol. The molecule has 0 aliphatic carbocycles. The Labute approximate surface area is 134 Å². The summed E-state index contributed by atoms with van der Waals surface area (Å²) in [5.74, 6) is -0.0859. The third kappa shape index (κ3) is 4.38. The first-order chi connectivity index (χ1) is 9.95. The van der Waals surface area contributed by atoms with Crippen molar-refractivity contribution in [1.82, 2.24) is 0 Å². The Kier molecular flexibility index (Phi) is 5.10. The van der Waals surface area contributed by atoms with Gasteiger partial charge in [0.05, 0.1) is 10.0 Å². The summed E-state index contributed by atoms with van der Waals surface area (Å²) >= 11 is 11.9. The first kappa shape index (κ1) is 15.7. The highest BCUT2D eigenvalue weighted by Crippen LogP contribution is 2.28. The minimum absolute atomic E-state index is 0.0657. The normalized spacial score (nSPS) is 11.8. The first-order valence-corrected chi connectivity index (χ1v) is 7.30. The molecule has 1 amide bonds. The van der Waals surface area contributed by atoms with Crippen LogP contribution in [0, 0.1) is 0 Å². The van der Waals surface area contributed by atoms with Crippen molar-refractivity contribution < 1.29 is 4.79 Å². The number of hydrogen-bond acceptors (Lipinski definition) is 2. The zero-order chi connectivity index (χ0) is 15.4. The molecule has 1 atom stereocenters. The van der Waals surface area contributed by atoms with Gasteiger partial charge in [0.25, 0.3) is 0 Å². The van der Waals surface area contributed by atoms with Crippen molar-refractivity contribution in [3.63, 3.8) is 0 Å². The lowest BCUT2D eigenvalue weighted by Gasteiger charge is -2.17. The Balaban J connectivity index is 2.14. The molecule has 2 rings (SSSR count). The standard InChI is InChI=1S/C16H16Cl2N2O/c1-10(19-14-6-7-15(17)16(18)9-14)12-4-3-5-13(8-12)20-11(2)21/h3-10,19H,1-2H3,(H,20,21). The quantitative estimate of drug-likeness (QED) is 0.819. The van der Waals surface area contributed by atoms with Gasteiger partial charge >= 0.3 is 0 Å². The summed E-state index contributed by atoms with van der Waals surface area (Å²) in [5.41, 5.74) is 2.73. The molecule has 1 unspecified atom stereocenters. The number of anilines is 2. The van der Waals surface area contributed by atoms with Gasteiger partial charge in [-0.05, 0) is 42.8 Å². The van der Waals surface area contributed by atoms with E-state index in [2.05, 4.69) is 10.6 Å². The Hall–Kier alpha value is -1.71. The fraction of sp³-hybridized carbons (Fsp3) is 0.188. The molecule has 21 heavy (non-hydrogen) atoms. The summed E-state index contributed by atoms with van der Waals surface area (Å²) in [7, 11) is 0. The summed E-state index contributed by atoms with van der Waals surface area (Å²) in [4.78, 5) is 11.1. The smallest absolute Gasteiger partial charge is 0.221 e. The van der Waals surface area contributed by atoms with E-state index < -0.39 is 0 Å². The highest BCUT2D eigenvalue weighted by atomic mass is 35.5.